The summed E-state index contributed by atoms with van der Waals surface area (Å²) in [5, 5.41) is 10.5. The van der Waals surface area contributed by atoms with E-state index in [1.807, 2.05) is 74.8 Å². The van der Waals surface area contributed by atoms with Gasteiger partial charge >= 0.3 is 0 Å². The van der Waals surface area contributed by atoms with E-state index in [4.69, 9.17) is 0 Å². The van der Waals surface area contributed by atoms with Crippen LogP contribution >= 0.6 is 11.8 Å². The van der Waals surface area contributed by atoms with Crippen molar-refractivity contribution in [2.45, 2.75) is 10.3 Å². The van der Waals surface area contributed by atoms with Crippen molar-refractivity contribution in [1.82, 2.24) is 29.5 Å². The minimum atomic E-state index is 0.705. The van der Waals surface area contributed by atoms with Gasteiger partial charge in [0.25, 0.3) is 0 Å². The molecular weight excluding hydrogens is 332 g/mol. The summed E-state index contributed by atoms with van der Waals surface area (Å²) in [7, 11) is 3.77. The van der Waals surface area contributed by atoms with Gasteiger partial charge in [-0.2, -0.15) is 10.2 Å². The zero-order valence-corrected chi connectivity index (χ0v) is 14.7. The van der Waals surface area contributed by atoms with Crippen LogP contribution in [0.5, 0.6) is 0 Å². The van der Waals surface area contributed by atoms with E-state index in [1.165, 1.54) is 11.8 Å². The molecule has 2 aromatic heterocycles. The number of nitrogens with zero attached hydrogens (tertiary/aromatic N) is 6. The van der Waals surface area contributed by atoms with E-state index >= 15 is 0 Å². The van der Waals surface area contributed by atoms with Crippen molar-refractivity contribution < 1.29 is 0 Å². The van der Waals surface area contributed by atoms with E-state index in [0.29, 0.717) is 11.6 Å². The molecule has 0 aliphatic rings. The Bertz CT molecular complexity index is 909. The number of benzene rings is 2. The Labute approximate surface area is 149 Å². The Morgan fingerprint density at radius 2 is 1.04 bits per heavy atom. The van der Waals surface area contributed by atoms with Crippen LogP contribution < -0.4 is 0 Å². The Balaban J connectivity index is 1.63. The van der Waals surface area contributed by atoms with Crippen molar-refractivity contribution in [2.24, 2.45) is 14.1 Å². The molecule has 0 amide bonds. The highest BCUT2D eigenvalue weighted by Crippen LogP contribution is 2.28. The molecule has 124 valence electrons. The van der Waals surface area contributed by atoms with Crippen LogP contribution in [0.2, 0.25) is 0 Å². The van der Waals surface area contributed by atoms with Crippen molar-refractivity contribution >= 4 is 11.8 Å². The first-order chi connectivity index (χ1) is 12.2. The summed E-state index contributed by atoms with van der Waals surface area (Å²) in [5.41, 5.74) is 1.99. The van der Waals surface area contributed by atoms with Gasteiger partial charge in [-0.15, -0.1) is 0 Å². The maximum Gasteiger partial charge on any atom is 0.194 e. The highest BCUT2D eigenvalue weighted by Gasteiger charge is 2.15. The lowest BCUT2D eigenvalue weighted by Gasteiger charge is -1.97. The van der Waals surface area contributed by atoms with Crippen molar-refractivity contribution in [2.75, 3.05) is 0 Å². The first kappa shape index (κ1) is 15.6. The molecule has 4 rings (SSSR count). The number of hydrogen-bond donors (Lipinski definition) is 0. The second-order valence-corrected chi connectivity index (χ2v) is 6.45. The normalized spacial score (nSPS) is 11.0. The lowest BCUT2D eigenvalue weighted by molar-refractivity contribution is 0.665. The van der Waals surface area contributed by atoms with Gasteiger partial charge in [0.2, 0.25) is 0 Å². The van der Waals surface area contributed by atoms with Crippen LogP contribution in [0, 0.1) is 0 Å². The van der Waals surface area contributed by atoms with Crippen LogP contribution in [-0.4, -0.2) is 29.5 Å². The molecule has 0 saturated carbocycles. The Morgan fingerprint density at radius 1 is 0.640 bits per heavy atom. The quantitative estimate of drug-likeness (QED) is 0.565. The van der Waals surface area contributed by atoms with Gasteiger partial charge in [-0.25, -0.2) is 19.3 Å². The van der Waals surface area contributed by atoms with Crippen LogP contribution in [-0.2, 0) is 14.1 Å². The van der Waals surface area contributed by atoms with Crippen LogP contribution in [0.15, 0.2) is 71.0 Å². The summed E-state index contributed by atoms with van der Waals surface area (Å²) in [6.07, 6.45) is 0. The summed E-state index contributed by atoms with van der Waals surface area (Å²) < 4.78 is 3.54. The zero-order chi connectivity index (χ0) is 17.2. The SMILES string of the molecule is Cn1nc(-c2ccccc2)nc1Sc1nc(-c2ccccc2)nn1C. The minimum Gasteiger partial charge on any atom is -0.243 e. The van der Waals surface area contributed by atoms with Gasteiger partial charge in [0.15, 0.2) is 22.0 Å². The lowest BCUT2D eigenvalue weighted by Crippen LogP contribution is -1.96. The highest BCUT2D eigenvalue weighted by molar-refractivity contribution is 7.99. The van der Waals surface area contributed by atoms with Crippen LogP contribution in [0.4, 0.5) is 0 Å². The number of rotatable bonds is 4. The molecule has 0 N–H and O–H groups in total. The molecule has 0 aliphatic carbocycles. The van der Waals surface area contributed by atoms with Gasteiger partial charge < -0.3 is 0 Å². The van der Waals surface area contributed by atoms with Crippen molar-refractivity contribution in [3.8, 4) is 22.8 Å². The fraction of sp³-hybridized carbons (Fsp3) is 0.111. The molecule has 0 spiro atoms. The molecule has 0 bridgehead atoms. The Kier molecular flexibility index (Phi) is 4.07. The molecule has 0 saturated heterocycles. The molecule has 2 aromatic carbocycles. The minimum absolute atomic E-state index is 0.705. The van der Waals surface area contributed by atoms with Gasteiger partial charge in [-0.05, 0) is 11.8 Å². The van der Waals surface area contributed by atoms with E-state index in [2.05, 4.69) is 20.2 Å². The summed E-state index contributed by atoms with van der Waals surface area (Å²) in [6.45, 7) is 0. The summed E-state index contributed by atoms with van der Waals surface area (Å²) >= 11 is 1.45. The summed E-state index contributed by atoms with van der Waals surface area (Å²) in [4.78, 5) is 9.26. The van der Waals surface area contributed by atoms with Gasteiger partial charge in [0, 0.05) is 25.2 Å². The topological polar surface area (TPSA) is 61.4 Å². The first-order valence-electron chi connectivity index (χ1n) is 7.81. The third-order valence-electron chi connectivity index (χ3n) is 3.69. The average molecular weight is 348 g/mol. The molecule has 0 atom stereocenters. The van der Waals surface area contributed by atoms with Crippen LogP contribution in [0.1, 0.15) is 0 Å². The third-order valence-corrected chi connectivity index (χ3v) is 4.77. The maximum atomic E-state index is 4.63. The standard InChI is InChI=1S/C18H16N6S/c1-23-17(19-15(21-23)13-9-5-3-6-10-13)25-18-20-16(22-24(18)2)14-11-7-4-8-12-14/h3-12H,1-2H3. The molecule has 25 heavy (non-hydrogen) atoms. The van der Waals surface area contributed by atoms with E-state index in [1.54, 1.807) is 9.36 Å². The summed E-state index contributed by atoms with van der Waals surface area (Å²) in [5.74, 6) is 1.41. The molecule has 4 aromatic rings. The first-order valence-corrected chi connectivity index (χ1v) is 8.63. The fourth-order valence-electron chi connectivity index (χ4n) is 2.42. The van der Waals surface area contributed by atoms with E-state index in [9.17, 15) is 0 Å². The predicted molar refractivity (Wildman–Crippen MR) is 97.0 cm³/mol. The molecular formula is C18H16N6S. The number of hydrogen-bond acceptors (Lipinski definition) is 5. The molecule has 0 aliphatic heterocycles. The Morgan fingerprint density at radius 3 is 1.44 bits per heavy atom. The molecule has 0 fully saturated rings. The second kappa shape index (κ2) is 6.52. The predicted octanol–water partition coefficient (Wildman–Crippen LogP) is 3.43. The second-order valence-electron chi connectivity index (χ2n) is 5.52. The van der Waals surface area contributed by atoms with E-state index < -0.39 is 0 Å². The third kappa shape index (κ3) is 3.18. The summed E-state index contributed by atoms with van der Waals surface area (Å²) in [6, 6.07) is 19.9. The number of aromatic nitrogens is 6. The lowest BCUT2D eigenvalue weighted by atomic mass is 10.2. The average Bonchev–Trinajstić information content (AvgIpc) is 3.20. The molecule has 2 heterocycles. The maximum absolute atomic E-state index is 4.63. The van der Waals surface area contributed by atoms with Gasteiger partial charge in [0.1, 0.15) is 0 Å². The molecule has 6 nitrogen and oxygen atoms in total. The molecule has 0 unspecified atom stereocenters. The Hall–Kier alpha value is -2.93. The van der Waals surface area contributed by atoms with Crippen molar-refractivity contribution in [3.05, 3.63) is 60.7 Å². The van der Waals surface area contributed by atoms with E-state index in [-0.39, 0.29) is 0 Å². The smallest absolute Gasteiger partial charge is 0.194 e. The van der Waals surface area contributed by atoms with E-state index in [0.717, 1.165) is 21.4 Å². The monoisotopic (exact) mass is 348 g/mol. The zero-order valence-electron chi connectivity index (χ0n) is 13.9. The van der Waals surface area contributed by atoms with Gasteiger partial charge in [-0.3, -0.25) is 0 Å². The van der Waals surface area contributed by atoms with Gasteiger partial charge in [0.05, 0.1) is 0 Å². The number of aryl methyl sites for hydroxylation is 2. The van der Waals surface area contributed by atoms with Crippen molar-refractivity contribution in [3.63, 3.8) is 0 Å². The van der Waals surface area contributed by atoms with Crippen molar-refractivity contribution in [1.29, 1.82) is 0 Å². The van der Waals surface area contributed by atoms with Crippen LogP contribution in [0.3, 0.4) is 0 Å². The van der Waals surface area contributed by atoms with Crippen LogP contribution in [0.25, 0.3) is 22.8 Å². The fourth-order valence-corrected chi connectivity index (χ4v) is 3.19. The largest absolute Gasteiger partial charge is 0.243 e. The van der Waals surface area contributed by atoms with Gasteiger partial charge in [-0.1, -0.05) is 60.7 Å². The molecule has 0 radical (unpaired) electrons. The highest BCUT2D eigenvalue weighted by atomic mass is 32.2. The molecule has 7 heteroatoms.